The third-order valence-corrected chi connectivity index (χ3v) is 3.25. The van der Waals surface area contributed by atoms with Gasteiger partial charge in [0, 0.05) is 11.4 Å². The van der Waals surface area contributed by atoms with E-state index in [1.807, 2.05) is 0 Å². The first-order valence-electron chi connectivity index (χ1n) is 5.82. The minimum absolute atomic E-state index is 0.235. The average molecular weight is 278 g/mol. The maximum atomic E-state index is 11.3. The van der Waals surface area contributed by atoms with Gasteiger partial charge in [0.1, 0.15) is 0 Å². The van der Waals surface area contributed by atoms with Crippen LogP contribution in [0.3, 0.4) is 0 Å². The van der Waals surface area contributed by atoms with Crippen molar-refractivity contribution < 1.29 is 9.53 Å². The number of hydrogen-bond acceptors (Lipinski definition) is 2. The SMILES string of the molecule is O=C(NC1CCCC1)OCCCCCBr. The number of ether oxygens (including phenoxy) is 1. The lowest BCUT2D eigenvalue weighted by Crippen LogP contribution is -2.33. The molecule has 15 heavy (non-hydrogen) atoms. The van der Waals surface area contributed by atoms with Gasteiger partial charge in [-0.1, -0.05) is 28.8 Å². The Hall–Kier alpha value is -0.250. The van der Waals surface area contributed by atoms with E-state index in [9.17, 15) is 4.79 Å². The average Bonchev–Trinajstić information content (AvgIpc) is 2.70. The fraction of sp³-hybridized carbons (Fsp3) is 0.909. The molecule has 1 aliphatic rings. The van der Waals surface area contributed by atoms with E-state index in [2.05, 4.69) is 21.2 Å². The van der Waals surface area contributed by atoms with Gasteiger partial charge in [0.05, 0.1) is 6.61 Å². The molecule has 88 valence electrons. The van der Waals surface area contributed by atoms with E-state index in [0.717, 1.165) is 37.4 Å². The molecule has 0 aromatic rings. The number of amides is 1. The largest absolute Gasteiger partial charge is 0.450 e. The number of nitrogens with one attached hydrogen (secondary N) is 1. The third kappa shape index (κ3) is 6.03. The topological polar surface area (TPSA) is 38.3 Å². The zero-order chi connectivity index (χ0) is 10.9. The molecule has 0 aromatic carbocycles. The summed E-state index contributed by atoms with van der Waals surface area (Å²) < 4.78 is 5.09. The van der Waals surface area contributed by atoms with Crippen molar-refractivity contribution >= 4 is 22.0 Å². The normalized spacial score (nSPS) is 16.6. The lowest BCUT2D eigenvalue weighted by Gasteiger charge is -2.11. The molecule has 0 bridgehead atoms. The second kappa shape index (κ2) is 7.97. The van der Waals surface area contributed by atoms with Crippen LogP contribution in [0.15, 0.2) is 0 Å². The zero-order valence-corrected chi connectivity index (χ0v) is 10.7. The van der Waals surface area contributed by atoms with E-state index >= 15 is 0 Å². The second-order valence-corrected chi connectivity index (χ2v) is 4.80. The number of rotatable bonds is 6. The lowest BCUT2D eigenvalue weighted by molar-refractivity contribution is 0.140. The summed E-state index contributed by atoms with van der Waals surface area (Å²) >= 11 is 3.37. The highest BCUT2D eigenvalue weighted by Gasteiger charge is 2.17. The lowest BCUT2D eigenvalue weighted by atomic mass is 10.2. The van der Waals surface area contributed by atoms with Crippen molar-refractivity contribution in [2.75, 3.05) is 11.9 Å². The van der Waals surface area contributed by atoms with Gasteiger partial charge in [-0.05, 0) is 32.1 Å². The van der Waals surface area contributed by atoms with Gasteiger partial charge in [-0.2, -0.15) is 0 Å². The molecular formula is C11H20BrNO2. The van der Waals surface area contributed by atoms with Crippen molar-refractivity contribution in [2.45, 2.75) is 51.0 Å². The van der Waals surface area contributed by atoms with Gasteiger partial charge < -0.3 is 10.1 Å². The summed E-state index contributed by atoms with van der Waals surface area (Å²) in [5, 5.41) is 3.93. The van der Waals surface area contributed by atoms with Crippen molar-refractivity contribution in [1.29, 1.82) is 0 Å². The molecule has 0 aliphatic heterocycles. The van der Waals surface area contributed by atoms with Crippen LogP contribution in [-0.4, -0.2) is 24.1 Å². The van der Waals surface area contributed by atoms with Gasteiger partial charge in [0.2, 0.25) is 0 Å². The van der Waals surface area contributed by atoms with E-state index in [0.29, 0.717) is 12.6 Å². The van der Waals surface area contributed by atoms with Gasteiger partial charge in [-0.15, -0.1) is 0 Å². The third-order valence-electron chi connectivity index (χ3n) is 2.69. The summed E-state index contributed by atoms with van der Waals surface area (Å²) in [5.74, 6) is 0. The van der Waals surface area contributed by atoms with Gasteiger partial charge in [0.25, 0.3) is 0 Å². The van der Waals surface area contributed by atoms with E-state index in [1.54, 1.807) is 0 Å². The van der Waals surface area contributed by atoms with Crippen LogP contribution in [0.4, 0.5) is 4.79 Å². The van der Waals surface area contributed by atoms with Crippen LogP contribution in [0.25, 0.3) is 0 Å². The van der Waals surface area contributed by atoms with Crippen molar-refractivity contribution in [3.05, 3.63) is 0 Å². The minimum Gasteiger partial charge on any atom is -0.450 e. The predicted molar refractivity (Wildman–Crippen MR) is 64.4 cm³/mol. The van der Waals surface area contributed by atoms with E-state index < -0.39 is 0 Å². The standard InChI is InChI=1S/C11H20BrNO2/c12-8-4-1-5-9-15-11(14)13-10-6-2-3-7-10/h10H,1-9H2,(H,13,14). The Bertz CT molecular complexity index is 181. The molecule has 0 unspecified atom stereocenters. The molecule has 0 aromatic heterocycles. The molecule has 0 heterocycles. The summed E-state index contributed by atoms with van der Waals surface area (Å²) in [5.41, 5.74) is 0. The highest BCUT2D eigenvalue weighted by atomic mass is 79.9. The first-order chi connectivity index (χ1) is 7.33. The Morgan fingerprint density at radius 3 is 2.67 bits per heavy atom. The van der Waals surface area contributed by atoms with Crippen LogP contribution >= 0.6 is 15.9 Å². The van der Waals surface area contributed by atoms with Crippen molar-refractivity contribution in [3.63, 3.8) is 0 Å². The maximum Gasteiger partial charge on any atom is 0.407 e. The number of unbranched alkanes of at least 4 members (excludes halogenated alkanes) is 2. The molecule has 4 heteroatoms. The van der Waals surface area contributed by atoms with Gasteiger partial charge >= 0.3 is 6.09 Å². The maximum absolute atomic E-state index is 11.3. The first-order valence-corrected chi connectivity index (χ1v) is 6.94. The molecule has 0 radical (unpaired) electrons. The monoisotopic (exact) mass is 277 g/mol. The summed E-state index contributed by atoms with van der Waals surface area (Å²) in [6.45, 7) is 0.547. The number of carbonyl (C=O) groups is 1. The smallest absolute Gasteiger partial charge is 0.407 e. The molecule has 3 nitrogen and oxygen atoms in total. The van der Waals surface area contributed by atoms with Gasteiger partial charge in [-0.25, -0.2) is 4.79 Å². The molecule has 1 saturated carbocycles. The Morgan fingerprint density at radius 1 is 1.27 bits per heavy atom. The van der Waals surface area contributed by atoms with Crippen LogP contribution in [0.5, 0.6) is 0 Å². The van der Waals surface area contributed by atoms with Crippen molar-refractivity contribution in [3.8, 4) is 0 Å². The fourth-order valence-corrected chi connectivity index (χ4v) is 2.21. The number of alkyl halides is 1. The van der Waals surface area contributed by atoms with Crippen LogP contribution in [0.2, 0.25) is 0 Å². The minimum atomic E-state index is -0.235. The first kappa shape index (κ1) is 12.8. The zero-order valence-electron chi connectivity index (χ0n) is 9.14. The highest BCUT2D eigenvalue weighted by molar-refractivity contribution is 9.09. The molecule has 1 N–H and O–H groups in total. The summed E-state index contributed by atoms with van der Waals surface area (Å²) in [7, 11) is 0. The van der Waals surface area contributed by atoms with Crippen LogP contribution in [-0.2, 0) is 4.74 Å². The Kier molecular flexibility index (Phi) is 6.81. The van der Waals surface area contributed by atoms with E-state index in [4.69, 9.17) is 4.74 Å². The molecule has 1 fully saturated rings. The summed E-state index contributed by atoms with van der Waals surface area (Å²) in [6.07, 6.45) is 7.67. The second-order valence-electron chi connectivity index (χ2n) is 4.01. The molecule has 0 atom stereocenters. The van der Waals surface area contributed by atoms with Gasteiger partial charge in [-0.3, -0.25) is 0 Å². The van der Waals surface area contributed by atoms with E-state index in [-0.39, 0.29) is 6.09 Å². The molecule has 1 aliphatic carbocycles. The number of halogens is 1. The van der Waals surface area contributed by atoms with Gasteiger partial charge in [0.15, 0.2) is 0 Å². The Balaban J connectivity index is 1.93. The molecule has 1 rings (SSSR count). The molecule has 0 spiro atoms. The molecule has 1 amide bonds. The predicted octanol–water partition coefficient (Wildman–Crippen LogP) is 3.22. The fourth-order valence-electron chi connectivity index (χ4n) is 1.82. The van der Waals surface area contributed by atoms with Crippen molar-refractivity contribution in [2.24, 2.45) is 0 Å². The van der Waals surface area contributed by atoms with E-state index in [1.165, 1.54) is 12.8 Å². The molecule has 0 saturated heterocycles. The number of hydrogen-bond donors (Lipinski definition) is 1. The van der Waals surface area contributed by atoms with Crippen LogP contribution < -0.4 is 5.32 Å². The summed E-state index contributed by atoms with van der Waals surface area (Å²) in [4.78, 5) is 11.3. The Labute approximate surface area is 100 Å². The quantitative estimate of drug-likeness (QED) is 0.598. The molecular weight excluding hydrogens is 258 g/mol. The van der Waals surface area contributed by atoms with Crippen molar-refractivity contribution in [1.82, 2.24) is 5.32 Å². The van der Waals surface area contributed by atoms with Crippen LogP contribution in [0.1, 0.15) is 44.9 Å². The summed E-state index contributed by atoms with van der Waals surface area (Å²) in [6, 6.07) is 0.361. The Morgan fingerprint density at radius 2 is 2.00 bits per heavy atom. The van der Waals surface area contributed by atoms with Crippen LogP contribution in [0, 0.1) is 0 Å². The number of carbonyl (C=O) groups excluding carboxylic acids is 1. The number of alkyl carbamates (subject to hydrolysis) is 1. The highest BCUT2D eigenvalue weighted by Crippen LogP contribution is 2.17.